The molecule has 0 spiro atoms. The third-order valence-electron chi connectivity index (χ3n) is 4.37. The van der Waals surface area contributed by atoms with Gasteiger partial charge in [0.2, 0.25) is 0 Å². The zero-order chi connectivity index (χ0) is 21.8. The van der Waals surface area contributed by atoms with E-state index in [0.717, 1.165) is 19.9 Å². The number of fused-ring (bicyclic) bond motifs is 1. The van der Waals surface area contributed by atoms with Gasteiger partial charge in [-0.2, -0.15) is 5.10 Å². The largest absolute Gasteiger partial charge is 0.489 e. The van der Waals surface area contributed by atoms with Crippen LogP contribution in [0.25, 0.3) is 11.0 Å². The fraction of sp³-hybridized carbons (Fsp3) is 0.0435. The van der Waals surface area contributed by atoms with Crippen molar-refractivity contribution < 1.29 is 18.3 Å². The first kappa shape index (κ1) is 21.3. The maximum absolute atomic E-state index is 13.6. The fourth-order valence-corrected chi connectivity index (χ4v) is 4.17. The molecule has 31 heavy (non-hydrogen) atoms. The normalized spacial score (nSPS) is 11.2. The van der Waals surface area contributed by atoms with Crippen molar-refractivity contribution in [1.82, 2.24) is 5.43 Å². The van der Waals surface area contributed by atoms with Gasteiger partial charge in [0.15, 0.2) is 5.76 Å². The molecule has 5 nitrogen and oxygen atoms in total. The Balaban J connectivity index is 1.35. The molecule has 1 amide bonds. The summed E-state index contributed by atoms with van der Waals surface area (Å²) < 4.78 is 26.5. The first-order valence-electron chi connectivity index (χ1n) is 9.18. The van der Waals surface area contributed by atoms with Crippen molar-refractivity contribution in [1.29, 1.82) is 0 Å². The van der Waals surface area contributed by atoms with Crippen molar-refractivity contribution in [3.8, 4) is 5.75 Å². The molecule has 0 unspecified atom stereocenters. The highest BCUT2D eigenvalue weighted by Gasteiger charge is 2.14. The summed E-state index contributed by atoms with van der Waals surface area (Å²) in [6.07, 6.45) is 1.51. The number of halogens is 3. The third kappa shape index (κ3) is 5.21. The Kier molecular flexibility index (Phi) is 6.48. The van der Waals surface area contributed by atoms with Gasteiger partial charge in [0, 0.05) is 15.4 Å². The summed E-state index contributed by atoms with van der Waals surface area (Å²) in [5.41, 5.74) is 4.28. The molecule has 0 radical (unpaired) electrons. The van der Waals surface area contributed by atoms with Gasteiger partial charge >= 0.3 is 5.91 Å². The summed E-state index contributed by atoms with van der Waals surface area (Å²) in [7, 11) is 0. The number of amides is 1. The summed E-state index contributed by atoms with van der Waals surface area (Å²) in [5, 5.41) is 4.76. The van der Waals surface area contributed by atoms with Crippen LogP contribution < -0.4 is 10.2 Å². The lowest BCUT2D eigenvalue weighted by Gasteiger charge is -2.07. The zero-order valence-electron chi connectivity index (χ0n) is 15.9. The molecular weight excluding hydrogens is 531 g/mol. The number of rotatable bonds is 6. The van der Waals surface area contributed by atoms with E-state index in [0.29, 0.717) is 16.9 Å². The van der Waals surface area contributed by atoms with Gasteiger partial charge in [0.25, 0.3) is 0 Å². The lowest BCUT2D eigenvalue weighted by atomic mass is 10.2. The molecule has 0 fully saturated rings. The quantitative estimate of drug-likeness (QED) is 0.224. The van der Waals surface area contributed by atoms with E-state index in [9.17, 15) is 9.18 Å². The Bertz CT molecular complexity index is 1270. The van der Waals surface area contributed by atoms with E-state index < -0.39 is 5.91 Å². The highest BCUT2D eigenvalue weighted by atomic mass is 79.9. The smallest absolute Gasteiger partial charge is 0.307 e. The van der Waals surface area contributed by atoms with Crippen LogP contribution in [0.4, 0.5) is 4.39 Å². The predicted molar refractivity (Wildman–Crippen MR) is 124 cm³/mol. The molecule has 0 bridgehead atoms. The number of carbonyl (C=O) groups excluding carboxylic acids is 1. The molecular formula is C23H15Br2FN2O3. The molecule has 3 aromatic carbocycles. The van der Waals surface area contributed by atoms with E-state index in [4.69, 9.17) is 9.15 Å². The minimum Gasteiger partial charge on any atom is -0.489 e. The minimum atomic E-state index is -0.458. The molecule has 0 saturated heterocycles. The van der Waals surface area contributed by atoms with Crippen molar-refractivity contribution in [2.45, 2.75) is 6.61 Å². The fourth-order valence-electron chi connectivity index (χ4n) is 2.83. The molecule has 156 valence electrons. The standard InChI is InChI=1S/C23H15Br2FN2O3/c24-17-9-16-10-21(31-22(16)19(25)11-17)23(29)28-27-12-14-5-7-18(8-6-14)30-13-15-3-1-2-4-20(15)26/h1-12H,13H2,(H,28,29)/b27-12-. The monoisotopic (exact) mass is 544 g/mol. The summed E-state index contributed by atoms with van der Waals surface area (Å²) >= 11 is 6.82. The molecule has 0 aliphatic carbocycles. The Morgan fingerprint density at radius 1 is 1.10 bits per heavy atom. The molecule has 0 saturated carbocycles. The van der Waals surface area contributed by atoms with E-state index in [1.807, 2.05) is 12.1 Å². The van der Waals surface area contributed by atoms with Gasteiger partial charge < -0.3 is 9.15 Å². The number of carbonyl (C=O) groups is 1. The second kappa shape index (κ2) is 9.45. The number of hydrazone groups is 1. The summed E-state index contributed by atoms with van der Waals surface area (Å²) in [5.74, 6) is -0.00181. The Morgan fingerprint density at radius 3 is 2.65 bits per heavy atom. The number of furan rings is 1. The predicted octanol–water partition coefficient (Wildman–Crippen LogP) is 6.44. The highest BCUT2D eigenvalue weighted by Crippen LogP contribution is 2.30. The maximum atomic E-state index is 13.6. The Labute approximate surface area is 194 Å². The number of hydrogen-bond acceptors (Lipinski definition) is 4. The summed E-state index contributed by atoms with van der Waals surface area (Å²) in [4.78, 5) is 12.3. The van der Waals surface area contributed by atoms with Crippen LogP contribution in [0, 0.1) is 5.82 Å². The van der Waals surface area contributed by atoms with Crippen LogP contribution in [0.1, 0.15) is 21.7 Å². The van der Waals surface area contributed by atoms with Crippen LogP contribution >= 0.6 is 31.9 Å². The number of nitrogens with one attached hydrogen (secondary N) is 1. The third-order valence-corrected chi connectivity index (χ3v) is 5.42. The first-order valence-corrected chi connectivity index (χ1v) is 10.8. The molecule has 8 heteroatoms. The molecule has 0 atom stereocenters. The minimum absolute atomic E-state index is 0.139. The van der Waals surface area contributed by atoms with Crippen LogP contribution in [0.3, 0.4) is 0 Å². The molecule has 0 aliphatic heterocycles. The second-order valence-electron chi connectivity index (χ2n) is 6.56. The maximum Gasteiger partial charge on any atom is 0.307 e. The average molecular weight is 546 g/mol. The van der Waals surface area contributed by atoms with Gasteiger partial charge in [-0.05, 0) is 70.0 Å². The van der Waals surface area contributed by atoms with Crippen molar-refractivity contribution >= 4 is 55.0 Å². The number of hydrogen-bond donors (Lipinski definition) is 1. The molecule has 1 heterocycles. The second-order valence-corrected chi connectivity index (χ2v) is 8.33. The van der Waals surface area contributed by atoms with Crippen molar-refractivity contribution in [3.05, 3.63) is 98.4 Å². The molecule has 4 aromatic rings. The lowest BCUT2D eigenvalue weighted by Crippen LogP contribution is -2.16. The summed E-state index contributed by atoms with van der Waals surface area (Å²) in [6.45, 7) is 0.139. The van der Waals surface area contributed by atoms with E-state index in [1.54, 1.807) is 48.5 Å². The van der Waals surface area contributed by atoms with Gasteiger partial charge in [-0.25, -0.2) is 9.82 Å². The van der Waals surface area contributed by atoms with E-state index in [2.05, 4.69) is 42.4 Å². The van der Waals surface area contributed by atoms with E-state index in [-0.39, 0.29) is 18.2 Å². The Morgan fingerprint density at radius 2 is 1.87 bits per heavy atom. The van der Waals surface area contributed by atoms with E-state index in [1.165, 1.54) is 12.3 Å². The summed E-state index contributed by atoms with van der Waals surface area (Å²) in [6, 6.07) is 18.9. The van der Waals surface area contributed by atoms with Crippen LogP contribution in [0.5, 0.6) is 5.75 Å². The highest BCUT2D eigenvalue weighted by molar-refractivity contribution is 9.11. The van der Waals surface area contributed by atoms with Crippen LogP contribution in [0.15, 0.2) is 85.2 Å². The zero-order valence-corrected chi connectivity index (χ0v) is 19.1. The molecule has 0 aliphatic rings. The van der Waals surface area contributed by atoms with Crippen LogP contribution in [0.2, 0.25) is 0 Å². The van der Waals surface area contributed by atoms with Crippen molar-refractivity contribution in [3.63, 3.8) is 0 Å². The van der Waals surface area contributed by atoms with Gasteiger partial charge in [-0.3, -0.25) is 4.79 Å². The van der Waals surface area contributed by atoms with Crippen LogP contribution in [-0.2, 0) is 6.61 Å². The topological polar surface area (TPSA) is 63.8 Å². The lowest BCUT2D eigenvalue weighted by molar-refractivity contribution is 0.0929. The number of nitrogens with zero attached hydrogens (tertiary/aromatic N) is 1. The molecule has 4 rings (SSSR count). The van der Waals surface area contributed by atoms with Gasteiger partial charge in [-0.1, -0.05) is 34.1 Å². The average Bonchev–Trinajstić information content (AvgIpc) is 3.19. The Hall–Kier alpha value is -2.97. The van der Waals surface area contributed by atoms with Gasteiger partial charge in [0.05, 0.1) is 10.7 Å². The molecule has 1 aromatic heterocycles. The van der Waals surface area contributed by atoms with Crippen LogP contribution in [-0.4, -0.2) is 12.1 Å². The molecule has 1 N–H and O–H groups in total. The number of benzene rings is 3. The first-order chi connectivity index (χ1) is 15.0. The van der Waals surface area contributed by atoms with Crippen molar-refractivity contribution in [2.24, 2.45) is 5.10 Å². The van der Waals surface area contributed by atoms with Gasteiger partial charge in [-0.15, -0.1) is 0 Å². The SMILES string of the molecule is O=C(N/N=C\c1ccc(OCc2ccccc2F)cc1)c1cc2cc(Br)cc(Br)c2o1. The van der Waals surface area contributed by atoms with E-state index >= 15 is 0 Å². The number of ether oxygens (including phenoxy) is 1. The van der Waals surface area contributed by atoms with Gasteiger partial charge in [0.1, 0.15) is 23.8 Å². The van der Waals surface area contributed by atoms with Crippen molar-refractivity contribution in [2.75, 3.05) is 0 Å².